The van der Waals surface area contributed by atoms with E-state index in [1.165, 1.54) is 33.5 Å². The van der Waals surface area contributed by atoms with E-state index < -0.39 is 5.97 Å². The van der Waals surface area contributed by atoms with Crippen LogP contribution in [0.5, 0.6) is 23.0 Å². The van der Waals surface area contributed by atoms with Crippen LogP contribution in [0.1, 0.15) is 39.9 Å². The maximum absolute atomic E-state index is 12.6. The Morgan fingerprint density at radius 1 is 0.862 bits per heavy atom. The van der Waals surface area contributed by atoms with Crippen LogP contribution in [-0.2, 0) is 11.3 Å². The molecule has 2 aromatic rings. The number of methoxy groups -OCH3 is 4. The molecular formula is C22H25NO6. The van der Waals surface area contributed by atoms with Crippen molar-refractivity contribution in [2.24, 2.45) is 5.16 Å². The molecule has 0 atom stereocenters. The zero-order valence-electron chi connectivity index (χ0n) is 17.3. The van der Waals surface area contributed by atoms with Crippen LogP contribution in [0.3, 0.4) is 0 Å². The van der Waals surface area contributed by atoms with E-state index in [0.29, 0.717) is 17.2 Å². The molecule has 154 valence electrons. The molecule has 0 N–H and O–H groups in total. The second-order valence-corrected chi connectivity index (χ2v) is 6.66. The predicted molar refractivity (Wildman–Crippen MR) is 109 cm³/mol. The van der Waals surface area contributed by atoms with E-state index in [1.807, 2.05) is 19.1 Å². The van der Waals surface area contributed by atoms with Gasteiger partial charge in [0.2, 0.25) is 5.75 Å². The van der Waals surface area contributed by atoms with Crippen molar-refractivity contribution in [3.05, 3.63) is 46.5 Å². The molecule has 7 heteroatoms. The molecule has 3 rings (SSSR count). The van der Waals surface area contributed by atoms with Crippen LogP contribution < -0.4 is 18.9 Å². The molecule has 0 saturated heterocycles. The SMILES string of the molecule is COc1cc2c(cc1C)/C(=N/OC(=O)c1cc(OC)c(OC)c(OC)c1)CCC2. The Balaban J connectivity index is 1.88. The lowest BCUT2D eigenvalue weighted by Gasteiger charge is -2.19. The maximum atomic E-state index is 12.6. The molecule has 7 nitrogen and oxygen atoms in total. The van der Waals surface area contributed by atoms with Gasteiger partial charge in [0.05, 0.1) is 39.7 Å². The first-order valence-corrected chi connectivity index (χ1v) is 9.28. The fourth-order valence-electron chi connectivity index (χ4n) is 3.45. The molecule has 0 spiro atoms. The summed E-state index contributed by atoms with van der Waals surface area (Å²) in [5, 5.41) is 4.16. The van der Waals surface area contributed by atoms with Crippen molar-refractivity contribution in [3.8, 4) is 23.0 Å². The zero-order valence-corrected chi connectivity index (χ0v) is 17.3. The molecular weight excluding hydrogens is 374 g/mol. The molecule has 2 aromatic carbocycles. The van der Waals surface area contributed by atoms with E-state index >= 15 is 0 Å². The Labute approximate surface area is 170 Å². The highest BCUT2D eigenvalue weighted by Gasteiger charge is 2.21. The Hall–Kier alpha value is -3.22. The molecule has 0 saturated carbocycles. The summed E-state index contributed by atoms with van der Waals surface area (Å²) < 4.78 is 21.3. The highest BCUT2D eigenvalue weighted by Crippen LogP contribution is 2.38. The monoisotopic (exact) mass is 399 g/mol. The number of oxime groups is 1. The first-order chi connectivity index (χ1) is 14.0. The minimum atomic E-state index is -0.603. The third kappa shape index (κ3) is 4.13. The van der Waals surface area contributed by atoms with Crippen molar-refractivity contribution in [1.29, 1.82) is 0 Å². The number of carbonyl (C=O) groups excluding carboxylic acids is 1. The van der Waals surface area contributed by atoms with Gasteiger partial charge in [0.25, 0.3) is 0 Å². The van der Waals surface area contributed by atoms with Crippen LogP contribution in [0.15, 0.2) is 29.4 Å². The van der Waals surface area contributed by atoms with E-state index in [0.717, 1.165) is 47.4 Å². The van der Waals surface area contributed by atoms with Crippen LogP contribution >= 0.6 is 0 Å². The molecule has 0 fully saturated rings. The predicted octanol–water partition coefficient (Wildman–Crippen LogP) is 3.93. The first kappa shape index (κ1) is 20.5. The smallest absolute Gasteiger partial charge is 0.366 e. The van der Waals surface area contributed by atoms with Crippen LogP contribution in [0.4, 0.5) is 0 Å². The summed E-state index contributed by atoms with van der Waals surface area (Å²) in [6, 6.07) is 7.13. The minimum absolute atomic E-state index is 0.255. The van der Waals surface area contributed by atoms with Gasteiger partial charge in [-0.1, -0.05) is 5.16 Å². The number of ether oxygens (including phenoxy) is 4. The van der Waals surface area contributed by atoms with Gasteiger partial charge in [-0.3, -0.25) is 0 Å². The average Bonchev–Trinajstić information content (AvgIpc) is 2.75. The first-order valence-electron chi connectivity index (χ1n) is 9.28. The molecule has 0 amide bonds. The van der Waals surface area contributed by atoms with Gasteiger partial charge in [0.1, 0.15) is 5.75 Å². The lowest BCUT2D eigenvalue weighted by molar-refractivity contribution is 0.0514. The van der Waals surface area contributed by atoms with Crippen LogP contribution in [0.25, 0.3) is 0 Å². The molecule has 0 bridgehead atoms. The number of benzene rings is 2. The molecule has 29 heavy (non-hydrogen) atoms. The third-order valence-electron chi connectivity index (χ3n) is 4.93. The maximum Gasteiger partial charge on any atom is 0.366 e. The van der Waals surface area contributed by atoms with Gasteiger partial charge in [0.15, 0.2) is 11.5 Å². The quantitative estimate of drug-likeness (QED) is 0.541. The van der Waals surface area contributed by atoms with Gasteiger partial charge in [-0.05, 0) is 61.6 Å². The molecule has 0 aromatic heterocycles. The van der Waals surface area contributed by atoms with Crippen molar-refractivity contribution in [1.82, 2.24) is 0 Å². The highest BCUT2D eigenvalue weighted by atomic mass is 16.7. The van der Waals surface area contributed by atoms with E-state index in [1.54, 1.807) is 7.11 Å². The van der Waals surface area contributed by atoms with Gasteiger partial charge in [-0.25, -0.2) is 4.79 Å². The van der Waals surface area contributed by atoms with Crippen molar-refractivity contribution in [3.63, 3.8) is 0 Å². The second kappa shape index (κ2) is 8.86. The minimum Gasteiger partial charge on any atom is -0.496 e. The van der Waals surface area contributed by atoms with Crippen molar-refractivity contribution in [2.45, 2.75) is 26.2 Å². The third-order valence-corrected chi connectivity index (χ3v) is 4.93. The second-order valence-electron chi connectivity index (χ2n) is 6.66. The molecule has 0 heterocycles. The number of fused-ring (bicyclic) bond motifs is 1. The molecule has 0 aliphatic heterocycles. The summed E-state index contributed by atoms with van der Waals surface area (Å²) in [5.41, 5.74) is 4.15. The van der Waals surface area contributed by atoms with Crippen LogP contribution in [0, 0.1) is 6.92 Å². The molecule has 0 unspecified atom stereocenters. The Morgan fingerprint density at radius 3 is 2.10 bits per heavy atom. The standard InChI is InChI=1S/C22H25NO6/c1-13-9-16-14(10-18(13)25-2)7-6-8-17(16)23-29-22(24)15-11-19(26-3)21(28-5)20(12-15)27-4/h9-12H,6-8H2,1-5H3/b23-17+. The summed E-state index contributed by atoms with van der Waals surface area (Å²) in [6.45, 7) is 1.98. The largest absolute Gasteiger partial charge is 0.496 e. The normalized spacial score (nSPS) is 14.2. The average molecular weight is 399 g/mol. The van der Waals surface area contributed by atoms with Crippen LogP contribution in [0.2, 0.25) is 0 Å². The topological polar surface area (TPSA) is 75.6 Å². The molecule has 1 aliphatic rings. The summed E-state index contributed by atoms with van der Waals surface area (Å²) >= 11 is 0. The number of rotatable bonds is 6. The van der Waals surface area contributed by atoms with Crippen molar-refractivity contribution < 1.29 is 28.6 Å². The lowest BCUT2D eigenvalue weighted by atomic mass is 9.88. The van der Waals surface area contributed by atoms with Gasteiger partial charge in [0, 0.05) is 5.56 Å². The Kier molecular flexibility index (Phi) is 6.26. The highest BCUT2D eigenvalue weighted by molar-refractivity contribution is 6.03. The summed E-state index contributed by atoms with van der Waals surface area (Å²) in [6.07, 6.45) is 2.60. The summed E-state index contributed by atoms with van der Waals surface area (Å²) in [4.78, 5) is 17.9. The van der Waals surface area contributed by atoms with Gasteiger partial charge >= 0.3 is 5.97 Å². The molecule has 0 radical (unpaired) electrons. The van der Waals surface area contributed by atoms with E-state index in [-0.39, 0.29) is 5.56 Å². The summed E-state index contributed by atoms with van der Waals surface area (Å²) in [5.74, 6) is 1.39. The van der Waals surface area contributed by atoms with Crippen molar-refractivity contribution >= 4 is 11.7 Å². The Morgan fingerprint density at radius 2 is 1.52 bits per heavy atom. The number of carbonyl (C=O) groups is 1. The van der Waals surface area contributed by atoms with Gasteiger partial charge in [-0.15, -0.1) is 0 Å². The molecule has 1 aliphatic carbocycles. The number of hydrogen-bond donors (Lipinski definition) is 0. The number of hydrogen-bond acceptors (Lipinski definition) is 7. The van der Waals surface area contributed by atoms with Gasteiger partial charge in [-0.2, -0.15) is 0 Å². The van der Waals surface area contributed by atoms with Crippen LogP contribution in [-0.4, -0.2) is 40.1 Å². The zero-order chi connectivity index (χ0) is 21.0. The Bertz CT molecular complexity index is 926. The fraction of sp³-hybridized carbons (Fsp3) is 0.364. The van der Waals surface area contributed by atoms with Crippen molar-refractivity contribution in [2.75, 3.05) is 28.4 Å². The number of aryl methyl sites for hydroxylation is 2. The van der Waals surface area contributed by atoms with E-state index in [4.69, 9.17) is 23.8 Å². The number of nitrogens with zero attached hydrogens (tertiary/aromatic N) is 1. The summed E-state index contributed by atoms with van der Waals surface area (Å²) in [7, 11) is 6.14. The fourth-order valence-corrected chi connectivity index (χ4v) is 3.45. The lowest BCUT2D eigenvalue weighted by Crippen LogP contribution is -2.14. The van der Waals surface area contributed by atoms with Gasteiger partial charge < -0.3 is 23.8 Å². The van der Waals surface area contributed by atoms with E-state index in [2.05, 4.69) is 5.16 Å². The van der Waals surface area contributed by atoms with E-state index in [9.17, 15) is 4.79 Å².